The predicted octanol–water partition coefficient (Wildman–Crippen LogP) is 1.68. The summed E-state index contributed by atoms with van der Waals surface area (Å²) in [6.45, 7) is 4.93. The highest BCUT2D eigenvalue weighted by atomic mass is 16.4. The van der Waals surface area contributed by atoms with Gasteiger partial charge in [-0.05, 0) is 19.8 Å². The van der Waals surface area contributed by atoms with Gasteiger partial charge in [-0.25, -0.2) is 4.79 Å². The summed E-state index contributed by atoms with van der Waals surface area (Å²) in [5.41, 5.74) is -0.0550. The van der Waals surface area contributed by atoms with Crippen molar-refractivity contribution >= 4 is 12.0 Å². The quantitative estimate of drug-likeness (QED) is 0.805. The molecule has 18 heavy (non-hydrogen) atoms. The first kappa shape index (κ1) is 13.2. The highest BCUT2D eigenvalue weighted by Gasteiger charge is 2.39. The molecule has 1 unspecified atom stereocenters. The molecule has 1 saturated heterocycles. The second-order valence-electron chi connectivity index (χ2n) is 5.99. The van der Waals surface area contributed by atoms with E-state index in [2.05, 4.69) is 12.2 Å². The van der Waals surface area contributed by atoms with Crippen LogP contribution in [-0.2, 0) is 4.79 Å². The van der Waals surface area contributed by atoms with Gasteiger partial charge in [0.1, 0.15) is 0 Å². The second kappa shape index (κ2) is 4.78. The highest BCUT2D eigenvalue weighted by molar-refractivity contribution is 5.77. The third kappa shape index (κ3) is 2.60. The SMILES string of the molecule is CC(C(=O)O)C1CN(C(=O)NC2(C)CCCC2)C1. The summed E-state index contributed by atoms with van der Waals surface area (Å²) in [6.07, 6.45) is 4.44. The standard InChI is InChI=1S/C13H22N2O3/c1-9(11(16)17)10-7-15(8-10)12(18)14-13(2)5-3-4-6-13/h9-10H,3-8H2,1-2H3,(H,14,18)(H,16,17). The summed E-state index contributed by atoms with van der Waals surface area (Å²) < 4.78 is 0. The van der Waals surface area contributed by atoms with E-state index in [4.69, 9.17) is 5.11 Å². The van der Waals surface area contributed by atoms with Crippen molar-refractivity contribution < 1.29 is 14.7 Å². The summed E-state index contributed by atoms with van der Waals surface area (Å²) in [5.74, 6) is -1.04. The number of aliphatic carboxylic acids is 1. The van der Waals surface area contributed by atoms with Crippen LogP contribution in [0.1, 0.15) is 39.5 Å². The average molecular weight is 254 g/mol. The minimum absolute atomic E-state index is 0.0340. The van der Waals surface area contributed by atoms with Crippen molar-refractivity contribution in [2.75, 3.05) is 13.1 Å². The minimum Gasteiger partial charge on any atom is -0.481 e. The van der Waals surface area contributed by atoms with Gasteiger partial charge in [-0.3, -0.25) is 4.79 Å². The van der Waals surface area contributed by atoms with Crippen LogP contribution in [0.3, 0.4) is 0 Å². The number of hydrogen-bond acceptors (Lipinski definition) is 2. The highest BCUT2D eigenvalue weighted by Crippen LogP contribution is 2.30. The summed E-state index contributed by atoms with van der Waals surface area (Å²) in [4.78, 5) is 24.5. The number of likely N-dealkylation sites (tertiary alicyclic amines) is 1. The topological polar surface area (TPSA) is 69.6 Å². The maximum Gasteiger partial charge on any atom is 0.317 e. The molecule has 2 fully saturated rings. The molecule has 1 aliphatic carbocycles. The van der Waals surface area contributed by atoms with Gasteiger partial charge in [-0.2, -0.15) is 0 Å². The molecule has 0 aromatic rings. The molecule has 1 aliphatic heterocycles. The lowest BCUT2D eigenvalue weighted by atomic mass is 9.87. The number of carbonyl (C=O) groups is 2. The molecule has 0 spiro atoms. The fourth-order valence-electron chi connectivity index (χ4n) is 2.81. The van der Waals surface area contributed by atoms with Gasteiger partial charge in [0.25, 0.3) is 0 Å². The fourth-order valence-corrected chi connectivity index (χ4v) is 2.81. The van der Waals surface area contributed by atoms with Crippen LogP contribution in [0.5, 0.6) is 0 Å². The molecule has 0 radical (unpaired) electrons. The van der Waals surface area contributed by atoms with Crippen molar-refractivity contribution in [2.24, 2.45) is 11.8 Å². The van der Waals surface area contributed by atoms with Crippen molar-refractivity contribution in [2.45, 2.75) is 45.1 Å². The van der Waals surface area contributed by atoms with Crippen molar-refractivity contribution in [3.05, 3.63) is 0 Å². The van der Waals surface area contributed by atoms with Crippen LogP contribution in [0.4, 0.5) is 4.79 Å². The Morgan fingerprint density at radius 1 is 1.33 bits per heavy atom. The molecular formula is C13H22N2O3. The van der Waals surface area contributed by atoms with E-state index in [1.54, 1.807) is 11.8 Å². The molecule has 1 saturated carbocycles. The number of amides is 2. The number of nitrogens with one attached hydrogen (secondary N) is 1. The van der Waals surface area contributed by atoms with Gasteiger partial charge in [0, 0.05) is 24.5 Å². The zero-order chi connectivity index (χ0) is 13.3. The van der Waals surface area contributed by atoms with Crippen LogP contribution in [0.15, 0.2) is 0 Å². The van der Waals surface area contributed by atoms with E-state index in [9.17, 15) is 9.59 Å². The Kier molecular flexibility index (Phi) is 3.50. The maximum atomic E-state index is 12.0. The molecule has 102 valence electrons. The van der Waals surface area contributed by atoms with E-state index in [0.29, 0.717) is 13.1 Å². The molecule has 5 nitrogen and oxygen atoms in total. The van der Waals surface area contributed by atoms with Gasteiger partial charge in [-0.1, -0.05) is 19.8 Å². The Hall–Kier alpha value is -1.26. The molecule has 5 heteroatoms. The molecule has 0 bridgehead atoms. The number of carboxylic acids is 1. The monoisotopic (exact) mass is 254 g/mol. The minimum atomic E-state index is -0.775. The van der Waals surface area contributed by atoms with Crippen molar-refractivity contribution in [1.29, 1.82) is 0 Å². The molecule has 1 heterocycles. The Morgan fingerprint density at radius 2 is 1.89 bits per heavy atom. The first-order chi connectivity index (χ1) is 8.41. The average Bonchev–Trinajstić information content (AvgIpc) is 2.61. The van der Waals surface area contributed by atoms with E-state index < -0.39 is 5.97 Å². The molecule has 0 aromatic carbocycles. The number of nitrogens with zero attached hydrogens (tertiary/aromatic N) is 1. The number of rotatable bonds is 3. The summed E-state index contributed by atoms with van der Waals surface area (Å²) in [6, 6.07) is -0.0340. The van der Waals surface area contributed by atoms with E-state index in [-0.39, 0.29) is 23.4 Å². The third-order valence-corrected chi connectivity index (χ3v) is 4.41. The molecule has 2 amide bonds. The summed E-state index contributed by atoms with van der Waals surface area (Å²) in [7, 11) is 0. The molecular weight excluding hydrogens is 232 g/mol. The maximum absolute atomic E-state index is 12.0. The van der Waals surface area contributed by atoms with E-state index in [1.165, 1.54) is 12.8 Å². The molecule has 2 N–H and O–H groups in total. The van der Waals surface area contributed by atoms with Gasteiger partial charge in [0.2, 0.25) is 0 Å². The predicted molar refractivity (Wildman–Crippen MR) is 67.3 cm³/mol. The molecule has 1 atom stereocenters. The second-order valence-corrected chi connectivity index (χ2v) is 5.99. The lowest BCUT2D eigenvalue weighted by Gasteiger charge is -2.42. The van der Waals surface area contributed by atoms with Crippen LogP contribution in [0.2, 0.25) is 0 Å². The van der Waals surface area contributed by atoms with Gasteiger partial charge >= 0.3 is 12.0 Å². The molecule has 2 aliphatic rings. The third-order valence-electron chi connectivity index (χ3n) is 4.41. The van der Waals surface area contributed by atoms with E-state index >= 15 is 0 Å². The van der Waals surface area contributed by atoms with Crippen LogP contribution >= 0.6 is 0 Å². The van der Waals surface area contributed by atoms with Crippen LogP contribution in [0, 0.1) is 11.8 Å². The van der Waals surface area contributed by atoms with Gasteiger partial charge in [0.05, 0.1) is 5.92 Å². The molecule has 0 aromatic heterocycles. The van der Waals surface area contributed by atoms with E-state index in [1.807, 2.05) is 0 Å². The number of urea groups is 1. The number of hydrogen-bond donors (Lipinski definition) is 2. The fraction of sp³-hybridized carbons (Fsp3) is 0.846. The van der Waals surface area contributed by atoms with Crippen molar-refractivity contribution in [1.82, 2.24) is 10.2 Å². The first-order valence-electron chi connectivity index (χ1n) is 6.71. The van der Waals surface area contributed by atoms with Crippen molar-refractivity contribution in [3.63, 3.8) is 0 Å². The van der Waals surface area contributed by atoms with Crippen LogP contribution < -0.4 is 5.32 Å². The largest absolute Gasteiger partial charge is 0.481 e. The van der Waals surface area contributed by atoms with Gasteiger partial charge in [0.15, 0.2) is 0 Å². The summed E-state index contributed by atoms with van der Waals surface area (Å²) >= 11 is 0. The lowest BCUT2D eigenvalue weighted by molar-refractivity contribution is -0.144. The Balaban J connectivity index is 1.78. The van der Waals surface area contributed by atoms with E-state index in [0.717, 1.165) is 12.8 Å². The number of carboxylic acid groups (broad SMARTS) is 1. The zero-order valence-electron chi connectivity index (χ0n) is 11.1. The smallest absolute Gasteiger partial charge is 0.317 e. The van der Waals surface area contributed by atoms with Crippen molar-refractivity contribution in [3.8, 4) is 0 Å². The zero-order valence-corrected chi connectivity index (χ0v) is 11.1. The Bertz CT molecular complexity index is 344. The van der Waals surface area contributed by atoms with Gasteiger partial charge in [-0.15, -0.1) is 0 Å². The number of carbonyl (C=O) groups excluding carboxylic acids is 1. The summed E-state index contributed by atoms with van der Waals surface area (Å²) in [5, 5.41) is 12.0. The lowest BCUT2D eigenvalue weighted by Crippen LogP contribution is -2.59. The Labute approximate surface area is 108 Å². The van der Waals surface area contributed by atoms with Gasteiger partial charge < -0.3 is 15.3 Å². The van der Waals surface area contributed by atoms with Crippen LogP contribution in [-0.4, -0.2) is 40.6 Å². The van der Waals surface area contributed by atoms with Crippen LogP contribution in [0.25, 0.3) is 0 Å². The molecule has 2 rings (SSSR count). The first-order valence-corrected chi connectivity index (χ1v) is 6.71. The Morgan fingerprint density at radius 3 is 2.39 bits per heavy atom. The normalized spacial score (nSPS) is 24.4.